The Morgan fingerprint density at radius 1 is 1.44 bits per heavy atom. The molecule has 0 aromatic carbocycles. The first kappa shape index (κ1) is 11.7. The Kier molecular flexibility index (Phi) is 4.01. The summed E-state index contributed by atoms with van der Waals surface area (Å²) in [7, 11) is 1.96. The molecule has 0 radical (unpaired) electrons. The van der Waals surface area contributed by atoms with Gasteiger partial charge in [-0.05, 0) is 32.2 Å². The molecule has 1 aromatic heterocycles. The SMILES string of the molecule is CNCCCc1nc(N)c2c(n1)CSCC2. The number of nitrogens with zero attached hydrogens (tertiary/aromatic N) is 2. The molecule has 0 spiro atoms. The number of nitrogens with two attached hydrogens (primary N) is 1. The fourth-order valence-corrected chi connectivity index (χ4v) is 2.80. The fourth-order valence-electron chi connectivity index (χ4n) is 1.87. The molecule has 88 valence electrons. The number of nitrogen functional groups attached to an aromatic ring is 1. The van der Waals surface area contributed by atoms with Crippen molar-refractivity contribution in [3.63, 3.8) is 0 Å². The average Bonchev–Trinajstić information content (AvgIpc) is 2.30. The largest absolute Gasteiger partial charge is 0.383 e. The van der Waals surface area contributed by atoms with E-state index in [4.69, 9.17) is 5.73 Å². The molecule has 2 heterocycles. The van der Waals surface area contributed by atoms with Crippen molar-refractivity contribution in [2.75, 3.05) is 25.1 Å². The molecular weight excluding hydrogens is 220 g/mol. The van der Waals surface area contributed by atoms with Crippen LogP contribution in [0, 0.1) is 0 Å². The molecule has 2 rings (SSSR count). The van der Waals surface area contributed by atoms with Crippen molar-refractivity contribution in [3.05, 3.63) is 17.1 Å². The number of fused-ring (bicyclic) bond motifs is 1. The Hall–Kier alpha value is -0.810. The number of nitrogens with one attached hydrogen (secondary N) is 1. The maximum Gasteiger partial charge on any atom is 0.131 e. The summed E-state index contributed by atoms with van der Waals surface area (Å²) in [6.07, 6.45) is 2.98. The number of hydrogen-bond donors (Lipinski definition) is 2. The molecule has 0 saturated carbocycles. The van der Waals surface area contributed by atoms with Gasteiger partial charge in [0.1, 0.15) is 11.6 Å². The van der Waals surface area contributed by atoms with Gasteiger partial charge in [0.25, 0.3) is 0 Å². The molecular formula is C11H18N4S. The van der Waals surface area contributed by atoms with E-state index in [1.54, 1.807) is 0 Å². The molecule has 1 aliphatic heterocycles. The van der Waals surface area contributed by atoms with E-state index < -0.39 is 0 Å². The molecule has 4 nitrogen and oxygen atoms in total. The van der Waals surface area contributed by atoms with Crippen molar-refractivity contribution >= 4 is 17.6 Å². The zero-order valence-electron chi connectivity index (χ0n) is 9.62. The first-order valence-corrected chi connectivity index (χ1v) is 6.83. The van der Waals surface area contributed by atoms with Crippen molar-refractivity contribution in [1.29, 1.82) is 0 Å². The average molecular weight is 238 g/mol. The van der Waals surface area contributed by atoms with E-state index in [2.05, 4.69) is 15.3 Å². The Labute approximate surface area is 100 Å². The van der Waals surface area contributed by atoms with Gasteiger partial charge >= 0.3 is 0 Å². The van der Waals surface area contributed by atoms with Crippen LogP contribution in [-0.4, -0.2) is 29.3 Å². The zero-order valence-corrected chi connectivity index (χ0v) is 10.4. The Balaban J connectivity index is 2.12. The first-order chi connectivity index (χ1) is 7.81. The second-order valence-corrected chi connectivity index (χ2v) is 5.07. The molecule has 0 unspecified atom stereocenters. The highest BCUT2D eigenvalue weighted by Gasteiger charge is 2.15. The van der Waals surface area contributed by atoms with Crippen molar-refractivity contribution in [1.82, 2.24) is 15.3 Å². The molecule has 0 aliphatic carbocycles. The van der Waals surface area contributed by atoms with Crippen molar-refractivity contribution in [2.24, 2.45) is 0 Å². The highest BCUT2D eigenvalue weighted by molar-refractivity contribution is 7.98. The highest BCUT2D eigenvalue weighted by Crippen LogP contribution is 2.26. The van der Waals surface area contributed by atoms with Crippen LogP contribution >= 0.6 is 11.8 Å². The van der Waals surface area contributed by atoms with Gasteiger partial charge < -0.3 is 11.1 Å². The van der Waals surface area contributed by atoms with Gasteiger partial charge in [-0.25, -0.2) is 9.97 Å². The number of rotatable bonds is 4. The van der Waals surface area contributed by atoms with Gasteiger partial charge in [0.2, 0.25) is 0 Å². The summed E-state index contributed by atoms with van der Waals surface area (Å²) in [5, 5.41) is 3.12. The van der Waals surface area contributed by atoms with Crippen LogP contribution in [0.25, 0.3) is 0 Å². The summed E-state index contributed by atoms with van der Waals surface area (Å²) < 4.78 is 0. The van der Waals surface area contributed by atoms with Crippen LogP contribution in [0.5, 0.6) is 0 Å². The van der Waals surface area contributed by atoms with Gasteiger partial charge in [-0.1, -0.05) is 0 Å². The normalized spacial score (nSPS) is 14.8. The second-order valence-electron chi connectivity index (χ2n) is 3.96. The van der Waals surface area contributed by atoms with Gasteiger partial charge in [0, 0.05) is 17.7 Å². The molecule has 16 heavy (non-hydrogen) atoms. The van der Waals surface area contributed by atoms with Crippen molar-refractivity contribution in [2.45, 2.75) is 25.0 Å². The Morgan fingerprint density at radius 2 is 2.31 bits per heavy atom. The molecule has 3 N–H and O–H groups in total. The smallest absolute Gasteiger partial charge is 0.131 e. The van der Waals surface area contributed by atoms with Crippen LogP contribution < -0.4 is 11.1 Å². The molecule has 1 aliphatic rings. The van der Waals surface area contributed by atoms with Gasteiger partial charge in [-0.2, -0.15) is 11.8 Å². The number of hydrogen-bond acceptors (Lipinski definition) is 5. The molecule has 0 fully saturated rings. The van der Waals surface area contributed by atoms with Crippen LogP contribution in [-0.2, 0) is 18.6 Å². The molecule has 0 amide bonds. The van der Waals surface area contributed by atoms with Crippen molar-refractivity contribution in [3.8, 4) is 0 Å². The predicted molar refractivity (Wildman–Crippen MR) is 68.6 cm³/mol. The standard InChI is InChI=1S/C11H18N4S/c1-13-5-2-3-10-14-9-7-16-6-4-8(9)11(12)15-10/h13H,2-7H2,1H3,(H2,12,14,15). The Bertz CT molecular complexity index is 367. The van der Waals surface area contributed by atoms with Crippen LogP contribution in [0.1, 0.15) is 23.5 Å². The molecule has 1 aromatic rings. The van der Waals surface area contributed by atoms with Gasteiger partial charge in [0.15, 0.2) is 0 Å². The lowest BCUT2D eigenvalue weighted by Crippen LogP contribution is -2.14. The summed E-state index contributed by atoms with van der Waals surface area (Å²) in [5.74, 6) is 3.72. The topological polar surface area (TPSA) is 63.8 Å². The minimum Gasteiger partial charge on any atom is -0.383 e. The lowest BCUT2D eigenvalue weighted by atomic mass is 10.1. The molecule has 5 heteroatoms. The molecule has 0 saturated heterocycles. The Morgan fingerprint density at radius 3 is 3.12 bits per heavy atom. The number of aromatic nitrogens is 2. The second kappa shape index (κ2) is 5.50. The maximum atomic E-state index is 5.97. The molecule has 0 atom stereocenters. The van der Waals surface area contributed by atoms with Crippen LogP contribution in [0.4, 0.5) is 5.82 Å². The van der Waals surface area contributed by atoms with Crippen LogP contribution in [0.15, 0.2) is 0 Å². The number of aryl methyl sites for hydroxylation is 1. The monoisotopic (exact) mass is 238 g/mol. The van der Waals surface area contributed by atoms with E-state index in [1.807, 2.05) is 18.8 Å². The van der Waals surface area contributed by atoms with Crippen LogP contribution in [0.3, 0.4) is 0 Å². The summed E-state index contributed by atoms with van der Waals surface area (Å²) in [6.45, 7) is 0.995. The highest BCUT2D eigenvalue weighted by atomic mass is 32.2. The van der Waals surface area contributed by atoms with Gasteiger partial charge in [-0.15, -0.1) is 0 Å². The third-order valence-corrected chi connectivity index (χ3v) is 3.70. The quantitative estimate of drug-likeness (QED) is 0.766. The van der Waals surface area contributed by atoms with E-state index in [9.17, 15) is 0 Å². The van der Waals surface area contributed by atoms with E-state index in [0.29, 0.717) is 5.82 Å². The summed E-state index contributed by atoms with van der Waals surface area (Å²) in [6, 6.07) is 0. The van der Waals surface area contributed by atoms with Gasteiger partial charge in [-0.3, -0.25) is 0 Å². The third kappa shape index (κ3) is 2.65. The predicted octanol–water partition coefficient (Wildman–Crippen LogP) is 1.00. The van der Waals surface area contributed by atoms with Gasteiger partial charge in [0.05, 0.1) is 5.69 Å². The zero-order chi connectivity index (χ0) is 11.4. The molecule has 0 bridgehead atoms. The minimum atomic E-state index is 0.699. The van der Waals surface area contributed by atoms with E-state index in [-0.39, 0.29) is 0 Å². The summed E-state index contributed by atoms with van der Waals surface area (Å²) in [5.41, 5.74) is 8.30. The lowest BCUT2D eigenvalue weighted by molar-refractivity contribution is 0.698. The lowest BCUT2D eigenvalue weighted by Gasteiger charge is -2.16. The maximum absolute atomic E-state index is 5.97. The summed E-state index contributed by atoms with van der Waals surface area (Å²) in [4.78, 5) is 8.99. The van der Waals surface area contributed by atoms with E-state index in [1.165, 1.54) is 5.56 Å². The third-order valence-electron chi connectivity index (χ3n) is 2.73. The van der Waals surface area contributed by atoms with Crippen molar-refractivity contribution < 1.29 is 0 Å². The van der Waals surface area contributed by atoms with E-state index in [0.717, 1.165) is 48.8 Å². The fraction of sp³-hybridized carbons (Fsp3) is 0.636. The van der Waals surface area contributed by atoms with E-state index >= 15 is 0 Å². The number of thioether (sulfide) groups is 1. The minimum absolute atomic E-state index is 0.699. The number of anilines is 1. The summed E-state index contributed by atoms with van der Waals surface area (Å²) >= 11 is 1.93. The van der Waals surface area contributed by atoms with Crippen LogP contribution in [0.2, 0.25) is 0 Å². The first-order valence-electron chi connectivity index (χ1n) is 5.67.